The fourth-order valence-corrected chi connectivity index (χ4v) is 5.53. The molecule has 1 aliphatic heterocycles. The molecule has 5 atom stereocenters. The number of nitrogens with zero attached hydrogens (tertiary/aromatic N) is 1. The molecule has 5 unspecified atom stereocenters. The van der Waals surface area contributed by atoms with E-state index in [1.807, 2.05) is 13.8 Å². The van der Waals surface area contributed by atoms with E-state index in [1.165, 1.54) is 13.2 Å². The first-order valence-corrected chi connectivity index (χ1v) is 10.9. The number of ether oxygens (including phenoxy) is 2. The highest BCUT2D eigenvalue weighted by molar-refractivity contribution is 6.60. The van der Waals surface area contributed by atoms with Crippen LogP contribution in [0.1, 0.15) is 27.2 Å². The minimum Gasteiger partial charge on any atom is -0.388 e. The first kappa shape index (κ1) is 23.4. The molecule has 0 spiro atoms. The normalized spacial score (nSPS) is 29.4. The Labute approximate surface area is 155 Å². The molecular weight excluding hydrogens is 362 g/mol. The SMILES string of the molecule is CCO[Si](CCCN=C=O)(OCC)OCC1OC(C)C(O)C(O)C1OC. The van der Waals surface area contributed by atoms with Crippen LogP contribution in [-0.4, -0.2) is 89.1 Å². The lowest BCUT2D eigenvalue weighted by atomic mass is 9.96. The van der Waals surface area contributed by atoms with Crippen molar-refractivity contribution in [1.82, 2.24) is 0 Å². The van der Waals surface area contributed by atoms with E-state index in [-0.39, 0.29) is 6.61 Å². The molecule has 9 nitrogen and oxygen atoms in total. The van der Waals surface area contributed by atoms with Crippen LogP contribution in [0.25, 0.3) is 0 Å². The highest BCUT2D eigenvalue weighted by atomic mass is 28.4. The van der Waals surface area contributed by atoms with Gasteiger partial charge in [-0.05, 0) is 27.2 Å². The monoisotopic (exact) mass is 393 g/mol. The molecule has 1 aliphatic rings. The Morgan fingerprint density at radius 1 is 1.15 bits per heavy atom. The summed E-state index contributed by atoms with van der Waals surface area (Å²) in [6.45, 7) is 6.64. The molecule has 1 rings (SSSR count). The molecule has 0 amide bonds. The first-order valence-electron chi connectivity index (χ1n) is 8.94. The second-order valence-corrected chi connectivity index (χ2v) is 8.73. The molecule has 2 N–H and O–H groups in total. The zero-order valence-electron chi connectivity index (χ0n) is 15.9. The Balaban J connectivity index is 2.80. The molecular formula is C16H31NO8Si. The number of aliphatic imine (C=N–C) groups is 1. The van der Waals surface area contributed by atoms with Crippen molar-refractivity contribution in [2.75, 3.05) is 33.5 Å². The van der Waals surface area contributed by atoms with Crippen LogP contribution in [0, 0.1) is 0 Å². The standard InChI is InChI=1S/C16H31NO8Si/c1-5-22-26(23-6-2,9-7-8-17-11-18)24-10-13-16(21-4)15(20)14(19)12(3)25-13/h12-16,19-20H,5-10H2,1-4H3. The van der Waals surface area contributed by atoms with E-state index in [9.17, 15) is 15.0 Å². The summed E-state index contributed by atoms with van der Waals surface area (Å²) < 4.78 is 28.8. The van der Waals surface area contributed by atoms with Gasteiger partial charge in [0.1, 0.15) is 24.4 Å². The summed E-state index contributed by atoms with van der Waals surface area (Å²) in [6.07, 6.45) is -1.88. The first-order chi connectivity index (χ1) is 12.4. The number of aliphatic hydroxyl groups is 2. The topological polar surface area (TPSA) is 116 Å². The van der Waals surface area contributed by atoms with Crippen LogP contribution in [-0.2, 0) is 27.5 Å². The van der Waals surface area contributed by atoms with E-state index in [4.69, 9.17) is 22.8 Å². The fraction of sp³-hybridized carbons (Fsp3) is 0.938. The van der Waals surface area contributed by atoms with Gasteiger partial charge >= 0.3 is 8.80 Å². The average Bonchev–Trinajstić information content (AvgIpc) is 2.62. The fourth-order valence-electron chi connectivity index (χ4n) is 2.96. The minimum absolute atomic E-state index is 0.0931. The molecule has 10 heteroatoms. The number of carbonyl (C=O) groups excluding carboxylic acids is 1. The summed E-state index contributed by atoms with van der Waals surface area (Å²) in [5.74, 6) is 0. The van der Waals surface area contributed by atoms with Crippen molar-refractivity contribution < 1.29 is 37.8 Å². The molecule has 1 fully saturated rings. The third kappa shape index (κ3) is 6.49. The van der Waals surface area contributed by atoms with Crippen molar-refractivity contribution in [3.8, 4) is 0 Å². The van der Waals surface area contributed by atoms with Gasteiger partial charge in [0.2, 0.25) is 6.08 Å². The van der Waals surface area contributed by atoms with E-state index < -0.39 is 39.3 Å². The Bertz CT molecular complexity index is 442. The summed E-state index contributed by atoms with van der Waals surface area (Å²) in [7, 11) is -1.56. The zero-order valence-corrected chi connectivity index (χ0v) is 16.9. The van der Waals surface area contributed by atoms with E-state index in [2.05, 4.69) is 4.99 Å². The number of isocyanates is 1. The molecule has 0 saturated carbocycles. The summed E-state index contributed by atoms with van der Waals surface area (Å²) in [5, 5.41) is 20.2. The van der Waals surface area contributed by atoms with Gasteiger partial charge in [0, 0.05) is 26.4 Å². The molecule has 0 aromatic rings. The van der Waals surface area contributed by atoms with E-state index >= 15 is 0 Å². The number of hydrogen-bond acceptors (Lipinski definition) is 9. The number of aliphatic hydroxyl groups excluding tert-OH is 2. The molecule has 0 aliphatic carbocycles. The molecule has 152 valence electrons. The van der Waals surface area contributed by atoms with Crippen LogP contribution in [0.15, 0.2) is 4.99 Å². The number of methoxy groups -OCH3 is 1. The van der Waals surface area contributed by atoms with Crippen molar-refractivity contribution >= 4 is 14.9 Å². The second kappa shape index (κ2) is 11.9. The Kier molecular flexibility index (Phi) is 10.7. The Morgan fingerprint density at radius 2 is 1.81 bits per heavy atom. The van der Waals surface area contributed by atoms with Crippen molar-refractivity contribution in [1.29, 1.82) is 0 Å². The smallest absolute Gasteiger partial charge is 0.388 e. The summed E-state index contributed by atoms with van der Waals surface area (Å²) >= 11 is 0. The molecule has 0 aromatic carbocycles. The van der Waals surface area contributed by atoms with Crippen LogP contribution in [0.3, 0.4) is 0 Å². The van der Waals surface area contributed by atoms with Crippen LogP contribution in [0.4, 0.5) is 0 Å². The molecule has 26 heavy (non-hydrogen) atoms. The highest BCUT2D eigenvalue weighted by Gasteiger charge is 2.46. The zero-order chi connectivity index (χ0) is 19.6. The van der Waals surface area contributed by atoms with Crippen molar-refractivity contribution in [3.63, 3.8) is 0 Å². The predicted molar refractivity (Wildman–Crippen MR) is 94.5 cm³/mol. The molecule has 1 saturated heterocycles. The molecule has 1 heterocycles. The minimum atomic E-state index is -3.00. The van der Waals surface area contributed by atoms with E-state index in [1.54, 1.807) is 6.92 Å². The Hall–Kier alpha value is -0.683. The molecule has 0 radical (unpaired) electrons. The molecule has 0 bridgehead atoms. The summed E-state index contributed by atoms with van der Waals surface area (Å²) in [6, 6.07) is 0.491. The average molecular weight is 394 g/mol. The van der Waals surface area contributed by atoms with Gasteiger partial charge in [-0.3, -0.25) is 0 Å². The lowest BCUT2D eigenvalue weighted by molar-refractivity contribution is -0.231. The quantitative estimate of drug-likeness (QED) is 0.210. The maximum absolute atomic E-state index is 10.2. The van der Waals surface area contributed by atoms with Crippen LogP contribution in [0.5, 0.6) is 0 Å². The summed E-state index contributed by atoms with van der Waals surface area (Å²) in [5.41, 5.74) is 0. The van der Waals surface area contributed by atoms with E-state index in [0.717, 1.165) is 0 Å². The van der Waals surface area contributed by atoms with E-state index in [0.29, 0.717) is 32.2 Å². The van der Waals surface area contributed by atoms with Gasteiger partial charge in [0.05, 0.1) is 19.3 Å². The van der Waals surface area contributed by atoms with Crippen LogP contribution < -0.4 is 0 Å². The lowest BCUT2D eigenvalue weighted by Crippen LogP contribution is -2.59. The van der Waals surface area contributed by atoms with Gasteiger partial charge in [-0.2, -0.15) is 0 Å². The largest absolute Gasteiger partial charge is 0.501 e. The highest BCUT2D eigenvalue weighted by Crippen LogP contribution is 2.26. The number of rotatable bonds is 12. The maximum Gasteiger partial charge on any atom is 0.501 e. The van der Waals surface area contributed by atoms with Crippen LogP contribution >= 0.6 is 0 Å². The van der Waals surface area contributed by atoms with Crippen molar-refractivity contribution in [2.24, 2.45) is 4.99 Å². The predicted octanol–water partition coefficient (Wildman–Crippen LogP) is 0.265. The van der Waals surface area contributed by atoms with Gasteiger partial charge < -0.3 is 33.0 Å². The van der Waals surface area contributed by atoms with Gasteiger partial charge in [0.15, 0.2) is 0 Å². The third-order valence-corrected chi connectivity index (χ3v) is 7.24. The lowest BCUT2D eigenvalue weighted by Gasteiger charge is -2.42. The Morgan fingerprint density at radius 3 is 2.35 bits per heavy atom. The number of hydrogen-bond donors (Lipinski definition) is 2. The van der Waals surface area contributed by atoms with Crippen molar-refractivity contribution in [2.45, 2.75) is 63.8 Å². The van der Waals surface area contributed by atoms with Gasteiger partial charge in [-0.25, -0.2) is 9.79 Å². The van der Waals surface area contributed by atoms with Gasteiger partial charge in [-0.1, -0.05) is 0 Å². The summed E-state index contributed by atoms with van der Waals surface area (Å²) in [4.78, 5) is 13.8. The van der Waals surface area contributed by atoms with Gasteiger partial charge in [0.25, 0.3) is 0 Å². The third-order valence-electron chi connectivity index (χ3n) is 4.21. The van der Waals surface area contributed by atoms with Gasteiger partial charge in [-0.15, -0.1) is 0 Å². The molecule has 0 aromatic heterocycles. The van der Waals surface area contributed by atoms with Crippen LogP contribution in [0.2, 0.25) is 6.04 Å². The second-order valence-electron chi connectivity index (χ2n) is 6.00. The van der Waals surface area contributed by atoms with Crippen molar-refractivity contribution in [3.05, 3.63) is 0 Å². The maximum atomic E-state index is 10.2.